The maximum atomic E-state index is 11.1. The third-order valence-corrected chi connectivity index (χ3v) is 4.11. The summed E-state index contributed by atoms with van der Waals surface area (Å²) in [7, 11) is 2.09. The van der Waals surface area contributed by atoms with Gasteiger partial charge in [-0.05, 0) is 19.0 Å². The molecule has 2 rings (SSSR count). The minimum absolute atomic E-state index is 0.355. The zero-order valence-corrected chi connectivity index (χ0v) is 11.5. The molecule has 4 heteroatoms. The molecule has 19 heavy (non-hydrogen) atoms. The molecule has 1 N–H and O–H groups in total. The van der Waals surface area contributed by atoms with Crippen LogP contribution in [0.5, 0.6) is 0 Å². The van der Waals surface area contributed by atoms with Crippen molar-refractivity contribution in [3.05, 3.63) is 35.9 Å². The fourth-order valence-corrected chi connectivity index (χ4v) is 2.96. The van der Waals surface area contributed by atoms with E-state index in [-0.39, 0.29) is 0 Å². The van der Waals surface area contributed by atoms with Crippen molar-refractivity contribution in [2.75, 3.05) is 13.6 Å². The lowest BCUT2D eigenvalue weighted by Crippen LogP contribution is -2.49. The lowest BCUT2D eigenvalue weighted by atomic mass is 9.80. The van der Waals surface area contributed by atoms with E-state index in [9.17, 15) is 4.79 Å². The van der Waals surface area contributed by atoms with Gasteiger partial charge in [0.2, 0.25) is 0 Å². The first-order chi connectivity index (χ1) is 9.07. The number of rotatable bonds is 3. The molecule has 104 valence electrons. The normalized spacial score (nSPS) is 28.0. The number of nitrogens with zero attached hydrogens (tertiary/aromatic N) is 1. The van der Waals surface area contributed by atoms with Crippen LogP contribution in [0.1, 0.15) is 31.7 Å². The maximum Gasteiger partial charge on any atom is 0.506 e. The number of ether oxygens (including phenoxy) is 1. The Labute approximate surface area is 114 Å². The number of hydrogen-bond acceptors (Lipinski definition) is 3. The molecule has 0 spiro atoms. The molecule has 1 aliphatic heterocycles. The summed E-state index contributed by atoms with van der Waals surface area (Å²) in [4.78, 5) is 13.4. The van der Waals surface area contributed by atoms with E-state index in [1.54, 1.807) is 0 Å². The lowest BCUT2D eigenvalue weighted by molar-refractivity contribution is -0.0744. The summed E-state index contributed by atoms with van der Waals surface area (Å²) in [6.07, 6.45) is 1.23. The molecule has 2 unspecified atom stereocenters. The van der Waals surface area contributed by atoms with Gasteiger partial charge in [-0.1, -0.05) is 37.3 Å². The van der Waals surface area contributed by atoms with E-state index in [4.69, 9.17) is 9.84 Å². The number of benzene rings is 1. The molecule has 1 aromatic rings. The number of carbonyl (C=O) groups is 1. The third kappa shape index (κ3) is 2.89. The molecule has 0 radical (unpaired) electrons. The Kier molecular flexibility index (Phi) is 4.10. The molecule has 2 atom stereocenters. The predicted octanol–water partition coefficient (Wildman–Crippen LogP) is 3.08. The number of hydrogen-bond donors (Lipinski definition) is 1. The van der Waals surface area contributed by atoms with E-state index in [0.717, 1.165) is 24.9 Å². The second-order valence-electron chi connectivity index (χ2n) is 5.23. The van der Waals surface area contributed by atoms with Crippen molar-refractivity contribution in [2.45, 2.75) is 37.8 Å². The molecule has 0 saturated carbocycles. The summed E-state index contributed by atoms with van der Waals surface area (Å²) >= 11 is 0. The summed E-state index contributed by atoms with van der Waals surface area (Å²) in [6, 6.07) is 10.1. The van der Waals surface area contributed by atoms with Crippen molar-refractivity contribution in [1.82, 2.24) is 4.90 Å². The fourth-order valence-electron chi connectivity index (χ4n) is 2.96. The molecule has 0 bridgehead atoms. The van der Waals surface area contributed by atoms with Gasteiger partial charge in [-0.25, -0.2) is 4.79 Å². The molecule has 4 nitrogen and oxygen atoms in total. The van der Waals surface area contributed by atoms with Crippen molar-refractivity contribution in [2.24, 2.45) is 0 Å². The largest absolute Gasteiger partial charge is 0.506 e. The van der Waals surface area contributed by atoms with Gasteiger partial charge in [0, 0.05) is 25.4 Å². The van der Waals surface area contributed by atoms with Gasteiger partial charge < -0.3 is 14.7 Å². The zero-order chi connectivity index (χ0) is 13.9. The van der Waals surface area contributed by atoms with Crippen LogP contribution in [0.25, 0.3) is 0 Å². The predicted molar refractivity (Wildman–Crippen MR) is 73.2 cm³/mol. The van der Waals surface area contributed by atoms with E-state index in [0.29, 0.717) is 12.5 Å². The van der Waals surface area contributed by atoms with Gasteiger partial charge >= 0.3 is 6.16 Å². The highest BCUT2D eigenvalue weighted by Gasteiger charge is 2.42. The van der Waals surface area contributed by atoms with Crippen LogP contribution in [0.3, 0.4) is 0 Å². The van der Waals surface area contributed by atoms with Gasteiger partial charge in [0.25, 0.3) is 0 Å². The SMILES string of the molecule is CCC1CC(OC(=O)O)(c2ccccc2)CCN1C. The second-order valence-corrected chi connectivity index (χ2v) is 5.23. The fraction of sp³-hybridized carbons (Fsp3) is 0.533. The molecule has 1 aromatic carbocycles. The van der Waals surface area contributed by atoms with Crippen LogP contribution in [0.2, 0.25) is 0 Å². The minimum Gasteiger partial charge on any atom is -0.450 e. The Morgan fingerprint density at radius 1 is 1.47 bits per heavy atom. The average molecular weight is 263 g/mol. The van der Waals surface area contributed by atoms with Crippen LogP contribution in [0, 0.1) is 0 Å². The molecule has 1 aliphatic rings. The van der Waals surface area contributed by atoms with Crippen molar-refractivity contribution >= 4 is 6.16 Å². The second kappa shape index (κ2) is 5.61. The molecule has 1 heterocycles. The summed E-state index contributed by atoms with van der Waals surface area (Å²) in [5, 5.41) is 9.08. The van der Waals surface area contributed by atoms with Crippen LogP contribution >= 0.6 is 0 Å². The van der Waals surface area contributed by atoms with Gasteiger partial charge in [-0.15, -0.1) is 0 Å². The van der Waals surface area contributed by atoms with Gasteiger partial charge in [0.05, 0.1) is 0 Å². The van der Waals surface area contributed by atoms with Crippen LogP contribution < -0.4 is 0 Å². The van der Waals surface area contributed by atoms with E-state index in [1.165, 1.54) is 0 Å². The standard InChI is InChI=1S/C15H21NO3/c1-3-13-11-15(19-14(17)18,9-10-16(13)2)12-7-5-4-6-8-12/h4-8,13H,3,9-11H2,1-2H3,(H,17,18). The van der Waals surface area contributed by atoms with Crippen LogP contribution in [0.15, 0.2) is 30.3 Å². The quantitative estimate of drug-likeness (QED) is 0.851. The maximum absolute atomic E-state index is 11.1. The molecule has 1 saturated heterocycles. The molecule has 0 aromatic heterocycles. The summed E-state index contributed by atoms with van der Waals surface area (Å²) in [5.74, 6) is 0. The Bertz CT molecular complexity index is 434. The lowest BCUT2D eigenvalue weighted by Gasteiger charge is -2.44. The molecular formula is C15H21NO3. The highest BCUT2D eigenvalue weighted by Crippen LogP contribution is 2.39. The van der Waals surface area contributed by atoms with Crippen molar-refractivity contribution in [3.8, 4) is 0 Å². The van der Waals surface area contributed by atoms with Crippen molar-refractivity contribution in [3.63, 3.8) is 0 Å². The topological polar surface area (TPSA) is 49.8 Å². The Morgan fingerprint density at radius 3 is 2.74 bits per heavy atom. The summed E-state index contributed by atoms with van der Waals surface area (Å²) in [5.41, 5.74) is 0.268. The van der Waals surface area contributed by atoms with Crippen molar-refractivity contribution in [1.29, 1.82) is 0 Å². The Balaban J connectivity index is 2.33. The van der Waals surface area contributed by atoms with Gasteiger partial charge in [0.1, 0.15) is 5.60 Å². The van der Waals surface area contributed by atoms with Crippen LogP contribution in [-0.4, -0.2) is 35.8 Å². The Hall–Kier alpha value is -1.55. The van der Waals surface area contributed by atoms with Gasteiger partial charge in [0.15, 0.2) is 0 Å². The van der Waals surface area contributed by atoms with E-state index in [1.807, 2.05) is 30.3 Å². The van der Waals surface area contributed by atoms with E-state index in [2.05, 4.69) is 18.9 Å². The van der Waals surface area contributed by atoms with E-state index < -0.39 is 11.8 Å². The Morgan fingerprint density at radius 2 is 2.16 bits per heavy atom. The molecule has 1 fully saturated rings. The summed E-state index contributed by atoms with van der Waals surface area (Å²) in [6.45, 7) is 2.98. The molecule has 0 aliphatic carbocycles. The third-order valence-electron chi connectivity index (χ3n) is 4.11. The van der Waals surface area contributed by atoms with Crippen LogP contribution in [0.4, 0.5) is 4.79 Å². The first-order valence-electron chi connectivity index (χ1n) is 6.75. The smallest absolute Gasteiger partial charge is 0.450 e. The first-order valence-corrected chi connectivity index (χ1v) is 6.75. The van der Waals surface area contributed by atoms with Gasteiger partial charge in [-0.2, -0.15) is 0 Å². The van der Waals surface area contributed by atoms with Gasteiger partial charge in [-0.3, -0.25) is 0 Å². The average Bonchev–Trinajstić information content (AvgIpc) is 2.41. The zero-order valence-electron chi connectivity index (χ0n) is 11.5. The monoisotopic (exact) mass is 263 g/mol. The van der Waals surface area contributed by atoms with Crippen LogP contribution in [-0.2, 0) is 10.3 Å². The molecular weight excluding hydrogens is 242 g/mol. The highest BCUT2D eigenvalue weighted by atomic mass is 16.7. The summed E-state index contributed by atoms with van der Waals surface area (Å²) < 4.78 is 5.34. The number of likely N-dealkylation sites (tertiary alicyclic amines) is 1. The number of piperidine rings is 1. The molecule has 0 amide bonds. The van der Waals surface area contributed by atoms with E-state index >= 15 is 0 Å². The highest BCUT2D eigenvalue weighted by molar-refractivity contribution is 5.58. The first kappa shape index (κ1) is 13.9. The number of carboxylic acid groups (broad SMARTS) is 1. The minimum atomic E-state index is -1.19. The van der Waals surface area contributed by atoms with Crippen molar-refractivity contribution < 1.29 is 14.6 Å².